The van der Waals surface area contributed by atoms with Crippen LogP contribution in [0.3, 0.4) is 0 Å². The molecule has 0 aromatic heterocycles. The Morgan fingerprint density at radius 1 is 0.879 bits per heavy atom. The fraction of sp³-hybridized carbons (Fsp3) is 0.400. The molecule has 0 spiro atoms. The average Bonchev–Trinajstić information content (AvgIpc) is 3.09. The van der Waals surface area contributed by atoms with Crippen molar-refractivity contribution in [1.29, 1.82) is 0 Å². The number of hydrogen-bond donors (Lipinski definition) is 0. The first-order valence-corrected chi connectivity index (χ1v) is 11.2. The largest absolute Gasteiger partial charge is 0.513 e. The first kappa shape index (κ1) is 24.1. The van der Waals surface area contributed by atoms with Crippen LogP contribution in [0, 0.1) is 0 Å². The van der Waals surface area contributed by atoms with Crippen molar-refractivity contribution in [1.82, 2.24) is 9.80 Å². The summed E-state index contributed by atoms with van der Waals surface area (Å²) in [5.74, 6) is 0.827. The normalized spacial score (nSPS) is 13.8. The average molecular weight is 455 g/mol. The Bertz CT molecular complexity index is 960. The minimum absolute atomic E-state index is 0.0209. The number of hydrogen-bond acceptors (Lipinski definition) is 6. The molecule has 2 amide bonds. The molecule has 0 N–H and O–H groups in total. The third kappa shape index (κ3) is 6.71. The first-order valence-electron chi connectivity index (χ1n) is 11.2. The van der Waals surface area contributed by atoms with Gasteiger partial charge in [0, 0.05) is 31.7 Å². The van der Waals surface area contributed by atoms with Gasteiger partial charge in [-0.05, 0) is 55.7 Å². The van der Waals surface area contributed by atoms with Crippen LogP contribution in [0.25, 0.3) is 0 Å². The Balaban J connectivity index is 1.52. The van der Waals surface area contributed by atoms with E-state index in [9.17, 15) is 14.4 Å². The molecule has 0 aliphatic carbocycles. The lowest BCUT2D eigenvalue weighted by molar-refractivity contribution is -0.133. The highest BCUT2D eigenvalue weighted by atomic mass is 16.7. The third-order valence-corrected chi connectivity index (χ3v) is 5.41. The third-order valence-electron chi connectivity index (χ3n) is 5.41. The number of nitrogens with zero attached hydrogens (tertiary/aromatic N) is 2. The molecule has 0 atom stereocenters. The van der Waals surface area contributed by atoms with Gasteiger partial charge in [0.25, 0.3) is 11.8 Å². The molecule has 1 fully saturated rings. The molecule has 8 heteroatoms. The van der Waals surface area contributed by atoms with Gasteiger partial charge in [0.1, 0.15) is 11.5 Å². The second kappa shape index (κ2) is 11.9. The van der Waals surface area contributed by atoms with Crippen molar-refractivity contribution in [3.8, 4) is 11.5 Å². The number of rotatable bonds is 7. The van der Waals surface area contributed by atoms with Gasteiger partial charge in [-0.3, -0.25) is 9.59 Å². The molecule has 176 valence electrons. The Labute approximate surface area is 194 Å². The Morgan fingerprint density at radius 3 is 2.30 bits per heavy atom. The lowest BCUT2D eigenvalue weighted by atomic mass is 10.1. The number of aryl methyl sites for hydroxylation is 1. The second-order valence-electron chi connectivity index (χ2n) is 7.59. The van der Waals surface area contributed by atoms with Crippen LogP contribution in [0.15, 0.2) is 48.5 Å². The van der Waals surface area contributed by atoms with Gasteiger partial charge in [-0.25, -0.2) is 4.79 Å². The highest BCUT2D eigenvalue weighted by molar-refractivity contribution is 5.94. The van der Waals surface area contributed by atoms with Gasteiger partial charge in [-0.1, -0.05) is 25.1 Å². The lowest BCUT2D eigenvalue weighted by Crippen LogP contribution is -2.39. The summed E-state index contributed by atoms with van der Waals surface area (Å²) in [5, 5.41) is 0. The van der Waals surface area contributed by atoms with Gasteiger partial charge < -0.3 is 24.0 Å². The van der Waals surface area contributed by atoms with Crippen molar-refractivity contribution >= 4 is 18.0 Å². The fourth-order valence-electron chi connectivity index (χ4n) is 3.63. The van der Waals surface area contributed by atoms with E-state index in [1.165, 1.54) is 0 Å². The predicted molar refractivity (Wildman–Crippen MR) is 123 cm³/mol. The summed E-state index contributed by atoms with van der Waals surface area (Å²) < 4.78 is 15.5. The van der Waals surface area contributed by atoms with Crippen molar-refractivity contribution in [3.63, 3.8) is 0 Å². The molecule has 2 aromatic carbocycles. The summed E-state index contributed by atoms with van der Waals surface area (Å²) in [7, 11) is 0. The van der Waals surface area contributed by atoms with E-state index in [1.807, 2.05) is 31.2 Å². The first-order chi connectivity index (χ1) is 16.0. The smallest absolute Gasteiger partial charge is 0.483 e. The minimum Gasteiger partial charge on any atom is -0.483 e. The topological polar surface area (TPSA) is 85.4 Å². The summed E-state index contributed by atoms with van der Waals surface area (Å²) in [6.45, 7) is 5.97. The molecule has 1 heterocycles. The molecular weight excluding hydrogens is 424 g/mol. The Morgan fingerprint density at radius 2 is 1.58 bits per heavy atom. The number of ether oxygens (including phenoxy) is 3. The second-order valence-corrected chi connectivity index (χ2v) is 7.59. The van der Waals surface area contributed by atoms with Gasteiger partial charge in [0.05, 0.1) is 6.61 Å². The summed E-state index contributed by atoms with van der Waals surface area (Å²) in [6.07, 6.45) is 0.741. The van der Waals surface area contributed by atoms with Crippen LogP contribution >= 0.6 is 0 Å². The zero-order valence-corrected chi connectivity index (χ0v) is 19.1. The predicted octanol–water partition coefficient (Wildman–Crippen LogP) is 3.54. The number of carbonyl (C=O) groups excluding carboxylic acids is 3. The SMILES string of the molecule is CCOC(=O)Oc1ccc(C(=O)N2CCCN(C(=O)COc3ccccc3CC)CC2)cc1. The molecule has 2 aromatic rings. The van der Waals surface area contributed by atoms with Gasteiger partial charge in [0.2, 0.25) is 0 Å². The molecule has 3 rings (SSSR count). The minimum atomic E-state index is -0.781. The highest BCUT2D eigenvalue weighted by Gasteiger charge is 2.23. The van der Waals surface area contributed by atoms with Gasteiger partial charge in [0.15, 0.2) is 6.61 Å². The zero-order valence-electron chi connectivity index (χ0n) is 19.1. The standard InChI is InChI=1S/C25H30N2O6/c1-3-19-8-5-6-9-22(19)32-18-23(28)26-14-7-15-27(17-16-26)24(29)20-10-12-21(13-11-20)33-25(30)31-4-2/h5-6,8-13H,3-4,7,14-18H2,1-2H3. The number of para-hydroxylation sites is 1. The zero-order chi connectivity index (χ0) is 23.6. The maximum Gasteiger partial charge on any atom is 0.513 e. The van der Waals surface area contributed by atoms with E-state index in [0.717, 1.165) is 17.7 Å². The van der Waals surface area contributed by atoms with Crippen molar-refractivity contribution in [2.45, 2.75) is 26.7 Å². The number of benzene rings is 2. The molecule has 1 saturated heterocycles. The molecule has 0 saturated carbocycles. The quantitative estimate of drug-likeness (QED) is 0.470. The molecule has 0 bridgehead atoms. The maximum absolute atomic E-state index is 12.9. The van der Waals surface area contributed by atoms with Gasteiger partial charge in [-0.2, -0.15) is 0 Å². The Hall–Kier alpha value is -3.55. The number of amides is 2. The monoisotopic (exact) mass is 454 g/mol. The van der Waals surface area contributed by atoms with Crippen LogP contribution in [0.2, 0.25) is 0 Å². The van der Waals surface area contributed by atoms with Crippen LogP contribution < -0.4 is 9.47 Å². The van der Waals surface area contributed by atoms with E-state index in [4.69, 9.17) is 14.2 Å². The van der Waals surface area contributed by atoms with E-state index < -0.39 is 6.16 Å². The van der Waals surface area contributed by atoms with E-state index in [2.05, 4.69) is 0 Å². The van der Waals surface area contributed by atoms with Crippen molar-refractivity contribution in [2.24, 2.45) is 0 Å². The molecule has 1 aliphatic rings. The van der Waals surface area contributed by atoms with Crippen LogP contribution in [0.4, 0.5) is 4.79 Å². The van der Waals surface area contributed by atoms with Crippen LogP contribution in [0.1, 0.15) is 36.2 Å². The summed E-state index contributed by atoms with van der Waals surface area (Å²) in [4.78, 5) is 40.5. The van der Waals surface area contributed by atoms with E-state index in [0.29, 0.717) is 43.9 Å². The van der Waals surface area contributed by atoms with Crippen molar-refractivity contribution < 1.29 is 28.6 Å². The molecule has 33 heavy (non-hydrogen) atoms. The van der Waals surface area contributed by atoms with Crippen LogP contribution in [0.5, 0.6) is 11.5 Å². The van der Waals surface area contributed by atoms with Gasteiger partial charge >= 0.3 is 6.16 Å². The fourth-order valence-corrected chi connectivity index (χ4v) is 3.63. The molecule has 0 unspecified atom stereocenters. The van der Waals surface area contributed by atoms with Crippen LogP contribution in [-0.4, -0.2) is 67.2 Å². The van der Waals surface area contributed by atoms with E-state index in [1.54, 1.807) is 41.0 Å². The molecule has 1 aliphatic heterocycles. The summed E-state index contributed by atoms with van der Waals surface area (Å²) >= 11 is 0. The van der Waals surface area contributed by atoms with E-state index >= 15 is 0 Å². The summed E-state index contributed by atoms with van der Waals surface area (Å²) in [6, 6.07) is 14.1. The molecular formula is C25H30N2O6. The Kier molecular flexibility index (Phi) is 8.69. The molecule has 8 nitrogen and oxygen atoms in total. The summed E-state index contributed by atoms with van der Waals surface area (Å²) in [5.41, 5.74) is 1.56. The van der Waals surface area contributed by atoms with Crippen molar-refractivity contribution in [3.05, 3.63) is 59.7 Å². The highest BCUT2D eigenvalue weighted by Crippen LogP contribution is 2.19. The lowest BCUT2D eigenvalue weighted by Gasteiger charge is -2.22. The number of carbonyl (C=O) groups is 3. The van der Waals surface area contributed by atoms with Gasteiger partial charge in [-0.15, -0.1) is 0 Å². The van der Waals surface area contributed by atoms with E-state index in [-0.39, 0.29) is 25.0 Å². The van der Waals surface area contributed by atoms with Crippen molar-refractivity contribution in [2.75, 3.05) is 39.4 Å². The molecule has 0 radical (unpaired) electrons. The maximum atomic E-state index is 12.9. The van der Waals surface area contributed by atoms with Crippen LogP contribution in [-0.2, 0) is 16.0 Å².